The summed E-state index contributed by atoms with van der Waals surface area (Å²) in [4.78, 5) is 29.3. The fourth-order valence-electron chi connectivity index (χ4n) is 0. The first-order valence-corrected chi connectivity index (χ1v) is 2.68. The zero-order valence-corrected chi connectivity index (χ0v) is 5.41. The van der Waals surface area contributed by atoms with Crippen molar-refractivity contribution in [1.82, 2.24) is 0 Å². The fourth-order valence-corrected chi connectivity index (χ4v) is 0. The molecule has 0 aromatic heterocycles. The molecule has 8 heavy (non-hydrogen) atoms. The smallest absolute Gasteiger partial charge is 1.00 e. The average Bonchev–Trinajstić information content (AvgIpc) is 0.722. The van der Waals surface area contributed by atoms with Crippen molar-refractivity contribution in [3.63, 3.8) is 0 Å². The molecule has 0 saturated carbocycles. The standard InChI is InChI=1S/Al.Mg.H4O4Si.H4Si.5H/c;;1-5(2,3)4;;;;;;/h;;1-4H;1H4;;;;;/q;+2;;;;;;2*-1. The van der Waals surface area contributed by atoms with Gasteiger partial charge in [-0.25, -0.2) is 0 Å². The molecule has 0 atom stereocenters. The van der Waals surface area contributed by atoms with Crippen LogP contribution in [0.15, 0.2) is 0 Å². The second-order valence-electron chi connectivity index (χ2n) is 0.600. The zero-order chi connectivity index (χ0) is 4.50. The van der Waals surface area contributed by atoms with Crippen molar-refractivity contribution >= 4 is 60.4 Å². The van der Waals surface area contributed by atoms with Gasteiger partial charge < -0.3 is 22.0 Å². The molecule has 0 aromatic carbocycles. The maximum absolute atomic E-state index is 7.33. The van der Waals surface area contributed by atoms with Crippen LogP contribution in [0, 0.1) is 0 Å². The maximum atomic E-state index is 7.33. The van der Waals surface area contributed by atoms with Crippen molar-refractivity contribution in [2.75, 3.05) is 0 Å². The van der Waals surface area contributed by atoms with E-state index in [1.807, 2.05) is 0 Å². The van der Waals surface area contributed by atoms with E-state index in [1.165, 1.54) is 0 Å². The summed E-state index contributed by atoms with van der Waals surface area (Å²) in [6.45, 7) is 0. The van der Waals surface area contributed by atoms with Crippen LogP contribution in [0.5, 0.6) is 0 Å². The third kappa shape index (κ3) is 132. The Kier molecular flexibility index (Phi) is 24.3. The quantitative estimate of drug-likeness (QED) is 0.284. The van der Waals surface area contributed by atoms with Crippen LogP contribution in [0.3, 0.4) is 0 Å². The SMILES string of the molecule is O[Si](O)(O)O.[AlH3].[H-].[H-].[Mg+2].[SiH4]. The number of hydrogen-bond donors (Lipinski definition) is 4. The summed E-state index contributed by atoms with van der Waals surface area (Å²) in [6.07, 6.45) is 0. The van der Waals surface area contributed by atoms with Crippen LogP contribution >= 0.6 is 0 Å². The van der Waals surface area contributed by atoms with Crippen molar-refractivity contribution in [3.05, 3.63) is 0 Å². The first-order chi connectivity index (χ1) is 2.00. The summed E-state index contributed by atoms with van der Waals surface area (Å²) in [5.41, 5.74) is 0. The van der Waals surface area contributed by atoms with Crippen molar-refractivity contribution in [1.29, 1.82) is 0 Å². The normalized spacial score (nSPS) is 7.50. The second-order valence-corrected chi connectivity index (χ2v) is 1.80. The predicted molar refractivity (Wildman–Crippen MR) is 43.9 cm³/mol. The van der Waals surface area contributed by atoms with Crippen LogP contribution < -0.4 is 0 Å². The molecule has 0 radical (unpaired) electrons. The Labute approximate surface area is 82.3 Å². The minimum Gasteiger partial charge on any atom is -1.00 e. The molecule has 0 rings (SSSR count). The summed E-state index contributed by atoms with van der Waals surface area (Å²) in [5.74, 6) is 0. The summed E-state index contributed by atoms with van der Waals surface area (Å²) in [5, 5.41) is 0. The first kappa shape index (κ1) is 22.7. The van der Waals surface area contributed by atoms with Gasteiger partial charge in [0.2, 0.25) is 0 Å². The fraction of sp³-hybridized carbons (Fsp3) is 0. The van der Waals surface area contributed by atoms with Gasteiger partial charge in [0.1, 0.15) is 0 Å². The first-order valence-electron chi connectivity index (χ1n) is 0.894. The molecular weight excluding hydrogens is 171 g/mol. The van der Waals surface area contributed by atoms with Crippen molar-refractivity contribution < 1.29 is 22.0 Å². The van der Waals surface area contributed by atoms with E-state index in [0.717, 1.165) is 0 Å². The van der Waals surface area contributed by atoms with Gasteiger partial charge >= 0.3 is 32.1 Å². The molecule has 0 aliphatic heterocycles. The number of rotatable bonds is 0. The van der Waals surface area contributed by atoms with E-state index in [4.69, 9.17) is 19.2 Å². The Balaban J connectivity index is -0.00000000800. The molecule has 4 N–H and O–H groups in total. The summed E-state index contributed by atoms with van der Waals surface area (Å²) >= 11 is 0. The van der Waals surface area contributed by atoms with Gasteiger partial charge in [0.25, 0.3) is 0 Å². The van der Waals surface area contributed by atoms with Crippen LogP contribution in [-0.2, 0) is 0 Å². The minimum atomic E-state index is -4.61. The molecule has 0 aromatic rings. The average molecular weight is 185 g/mol. The van der Waals surface area contributed by atoms with Crippen LogP contribution in [0.25, 0.3) is 0 Å². The molecule has 8 heteroatoms. The van der Waals surface area contributed by atoms with E-state index < -0.39 is 9.05 Å². The van der Waals surface area contributed by atoms with E-state index in [0.29, 0.717) is 0 Å². The van der Waals surface area contributed by atoms with Crippen LogP contribution in [0.1, 0.15) is 2.85 Å². The minimum absolute atomic E-state index is 0. The summed E-state index contributed by atoms with van der Waals surface area (Å²) < 4.78 is 0. The molecule has 0 spiro atoms. The third-order valence-electron chi connectivity index (χ3n) is 0. The molecule has 4 nitrogen and oxygen atoms in total. The molecule has 0 bridgehead atoms. The van der Waals surface area contributed by atoms with Gasteiger partial charge in [-0.15, -0.1) is 0 Å². The Bertz CT molecular complexity index is 36.7. The topological polar surface area (TPSA) is 80.9 Å². The van der Waals surface area contributed by atoms with E-state index >= 15 is 0 Å². The Morgan fingerprint density at radius 2 is 1.00 bits per heavy atom. The molecule has 0 heterocycles. The van der Waals surface area contributed by atoms with Gasteiger partial charge in [-0.3, -0.25) is 0 Å². The van der Waals surface area contributed by atoms with Crippen molar-refractivity contribution in [3.8, 4) is 0 Å². The Morgan fingerprint density at radius 3 is 1.00 bits per heavy atom. The second kappa shape index (κ2) is 8.57. The molecular formula is H13AlMgO4Si2. The monoisotopic (exact) mass is 184 g/mol. The van der Waals surface area contributed by atoms with Crippen LogP contribution in [0.4, 0.5) is 0 Å². The molecule has 0 aliphatic carbocycles. The van der Waals surface area contributed by atoms with Gasteiger partial charge in [0.15, 0.2) is 17.4 Å². The number of hydrogen-bond acceptors (Lipinski definition) is 4. The molecule has 0 aliphatic rings. The Hall–Kier alpha value is 1.57. The molecule has 0 unspecified atom stereocenters. The molecule has 0 saturated heterocycles. The molecule has 0 fully saturated rings. The largest absolute Gasteiger partial charge is 2.00 e. The van der Waals surface area contributed by atoms with Gasteiger partial charge in [0, 0.05) is 0 Å². The van der Waals surface area contributed by atoms with Crippen molar-refractivity contribution in [2.45, 2.75) is 0 Å². The van der Waals surface area contributed by atoms with E-state index in [1.54, 1.807) is 0 Å². The Morgan fingerprint density at radius 1 is 1.00 bits per heavy atom. The molecule has 0 amide bonds. The maximum Gasteiger partial charge on any atom is 2.00 e. The van der Waals surface area contributed by atoms with Gasteiger partial charge in [0.05, 0.1) is 0 Å². The molecule has 50 valence electrons. The van der Waals surface area contributed by atoms with Gasteiger partial charge in [-0.2, -0.15) is 0 Å². The van der Waals surface area contributed by atoms with Gasteiger partial charge in [-0.1, -0.05) is 0 Å². The van der Waals surface area contributed by atoms with E-state index in [9.17, 15) is 0 Å². The van der Waals surface area contributed by atoms with Crippen LogP contribution in [-0.4, -0.2) is 79.6 Å². The predicted octanol–water partition coefficient (Wildman–Crippen LogP) is -5.40. The van der Waals surface area contributed by atoms with E-state index in [2.05, 4.69) is 0 Å². The third-order valence-corrected chi connectivity index (χ3v) is 0. The summed E-state index contributed by atoms with van der Waals surface area (Å²) in [6, 6.07) is 0. The summed E-state index contributed by atoms with van der Waals surface area (Å²) in [7, 11) is -4.61. The van der Waals surface area contributed by atoms with Crippen LogP contribution in [0.2, 0.25) is 0 Å². The van der Waals surface area contributed by atoms with E-state index in [-0.39, 0.29) is 54.2 Å². The van der Waals surface area contributed by atoms with Gasteiger partial charge in [-0.05, 0) is 11.0 Å². The zero-order valence-electron chi connectivity index (χ0n) is 5.00. The van der Waals surface area contributed by atoms with Crippen molar-refractivity contribution in [2.24, 2.45) is 0 Å².